The number of methoxy groups -OCH3 is 1. The standard InChI is InChI=1S/C21H22N4O4/c1-15(21(27)23-12-13-29-18-7-5-17(28-2)6-8-18)25-20(26)10-9-19(24-25)16-4-3-11-22-14-16/h3-11,14-15H,12-13H2,1-2H3,(H,23,27). The van der Waals surface area contributed by atoms with Crippen molar-refractivity contribution in [3.05, 3.63) is 71.3 Å². The Bertz CT molecular complexity index is 1000. The molecule has 0 aliphatic heterocycles. The quantitative estimate of drug-likeness (QED) is 0.588. The minimum atomic E-state index is -0.764. The lowest BCUT2D eigenvalue weighted by Crippen LogP contribution is -2.38. The van der Waals surface area contributed by atoms with E-state index in [2.05, 4.69) is 15.4 Å². The van der Waals surface area contributed by atoms with Gasteiger partial charge in [-0.1, -0.05) is 0 Å². The summed E-state index contributed by atoms with van der Waals surface area (Å²) in [4.78, 5) is 28.7. The first-order valence-electron chi connectivity index (χ1n) is 9.13. The monoisotopic (exact) mass is 394 g/mol. The fourth-order valence-electron chi connectivity index (χ4n) is 2.64. The summed E-state index contributed by atoms with van der Waals surface area (Å²) in [6.45, 7) is 2.22. The minimum Gasteiger partial charge on any atom is -0.497 e. The third kappa shape index (κ3) is 5.19. The van der Waals surface area contributed by atoms with Crippen molar-refractivity contribution < 1.29 is 14.3 Å². The van der Waals surface area contributed by atoms with E-state index in [1.54, 1.807) is 62.8 Å². The van der Waals surface area contributed by atoms with Gasteiger partial charge in [-0.3, -0.25) is 14.6 Å². The van der Waals surface area contributed by atoms with Gasteiger partial charge < -0.3 is 14.8 Å². The predicted molar refractivity (Wildman–Crippen MR) is 108 cm³/mol. The zero-order chi connectivity index (χ0) is 20.6. The molecule has 0 bridgehead atoms. The summed E-state index contributed by atoms with van der Waals surface area (Å²) in [5.74, 6) is 1.10. The van der Waals surface area contributed by atoms with Gasteiger partial charge >= 0.3 is 0 Å². The first kappa shape index (κ1) is 20.1. The average Bonchev–Trinajstić information content (AvgIpc) is 2.77. The molecule has 1 aromatic carbocycles. The van der Waals surface area contributed by atoms with E-state index in [4.69, 9.17) is 9.47 Å². The highest BCUT2D eigenvalue weighted by atomic mass is 16.5. The Kier molecular flexibility index (Phi) is 6.57. The van der Waals surface area contributed by atoms with Crippen LogP contribution in [-0.2, 0) is 4.79 Å². The predicted octanol–water partition coefficient (Wildman–Crippen LogP) is 2.07. The van der Waals surface area contributed by atoms with Crippen LogP contribution in [0.25, 0.3) is 11.3 Å². The summed E-state index contributed by atoms with van der Waals surface area (Å²) in [5.41, 5.74) is 0.983. The molecule has 8 heteroatoms. The molecule has 2 heterocycles. The van der Waals surface area contributed by atoms with Crippen LogP contribution in [0, 0.1) is 0 Å². The molecule has 0 aliphatic rings. The molecule has 29 heavy (non-hydrogen) atoms. The lowest BCUT2D eigenvalue weighted by Gasteiger charge is -2.15. The molecule has 0 saturated carbocycles. The largest absolute Gasteiger partial charge is 0.497 e. The summed E-state index contributed by atoms with van der Waals surface area (Å²) in [6, 6.07) is 13.0. The second-order valence-corrected chi connectivity index (χ2v) is 6.23. The van der Waals surface area contributed by atoms with Crippen molar-refractivity contribution in [2.75, 3.05) is 20.3 Å². The molecule has 1 unspecified atom stereocenters. The highest BCUT2D eigenvalue weighted by Gasteiger charge is 2.17. The van der Waals surface area contributed by atoms with E-state index in [1.165, 1.54) is 10.7 Å². The molecule has 0 saturated heterocycles. The van der Waals surface area contributed by atoms with E-state index < -0.39 is 6.04 Å². The second-order valence-electron chi connectivity index (χ2n) is 6.23. The van der Waals surface area contributed by atoms with Crippen LogP contribution >= 0.6 is 0 Å². The normalized spacial score (nSPS) is 11.5. The van der Waals surface area contributed by atoms with Crippen molar-refractivity contribution >= 4 is 5.91 Å². The number of carbonyl (C=O) groups excluding carboxylic acids is 1. The molecule has 8 nitrogen and oxygen atoms in total. The molecule has 3 rings (SSSR count). The molecule has 1 atom stereocenters. The van der Waals surface area contributed by atoms with E-state index in [-0.39, 0.29) is 11.5 Å². The number of ether oxygens (including phenoxy) is 2. The average molecular weight is 394 g/mol. The molecule has 150 valence electrons. The molecule has 3 aromatic rings. The zero-order valence-electron chi connectivity index (χ0n) is 16.2. The number of benzene rings is 1. The van der Waals surface area contributed by atoms with Gasteiger partial charge in [-0.25, -0.2) is 4.68 Å². The van der Waals surface area contributed by atoms with Crippen LogP contribution < -0.4 is 20.3 Å². The lowest BCUT2D eigenvalue weighted by atomic mass is 10.2. The summed E-state index contributed by atoms with van der Waals surface area (Å²) in [5, 5.41) is 7.08. The number of nitrogens with one attached hydrogen (secondary N) is 1. The maximum absolute atomic E-state index is 12.4. The van der Waals surface area contributed by atoms with Gasteiger partial charge in [0.05, 0.1) is 19.3 Å². The molecular weight excluding hydrogens is 372 g/mol. The number of pyridine rings is 1. The Balaban J connectivity index is 1.57. The minimum absolute atomic E-state index is 0.294. The molecule has 1 amide bonds. The van der Waals surface area contributed by atoms with E-state index in [0.29, 0.717) is 24.6 Å². The summed E-state index contributed by atoms with van der Waals surface area (Å²) >= 11 is 0. The second kappa shape index (κ2) is 9.50. The highest BCUT2D eigenvalue weighted by Crippen LogP contribution is 2.17. The maximum atomic E-state index is 12.4. The number of carbonyl (C=O) groups is 1. The smallest absolute Gasteiger partial charge is 0.267 e. The Morgan fingerprint density at radius 2 is 1.90 bits per heavy atom. The molecule has 0 fully saturated rings. The van der Waals surface area contributed by atoms with Crippen molar-refractivity contribution in [2.24, 2.45) is 0 Å². The van der Waals surface area contributed by atoms with E-state index >= 15 is 0 Å². The third-order valence-corrected chi connectivity index (χ3v) is 4.26. The van der Waals surface area contributed by atoms with Crippen molar-refractivity contribution in [1.82, 2.24) is 20.1 Å². The Morgan fingerprint density at radius 1 is 1.14 bits per heavy atom. The van der Waals surface area contributed by atoms with Crippen molar-refractivity contribution in [2.45, 2.75) is 13.0 Å². The molecule has 0 aliphatic carbocycles. The molecule has 0 radical (unpaired) electrons. The lowest BCUT2D eigenvalue weighted by molar-refractivity contribution is -0.124. The number of amides is 1. The van der Waals surface area contributed by atoms with Crippen molar-refractivity contribution in [1.29, 1.82) is 0 Å². The fraction of sp³-hybridized carbons (Fsp3) is 0.238. The Hall–Kier alpha value is -3.68. The van der Waals surface area contributed by atoms with Gasteiger partial charge in [0.1, 0.15) is 24.1 Å². The zero-order valence-corrected chi connectivity index (χ0v) is 16.2. The Labute approximate surface area is 168 Å². The van der Waals surface area contributed by atoms with Crippen LogP contribution in [0.5, 0.6) is 11.5 Å². The maximum Gasteiger partial charge on any atom is 0.267 e. The van der Waals surface area contributed by atoms with Gasteiger partial charge in [-0.15, -0.1) is 0 Å². The van der Waals surface area contributed by atoms with E-state index in [1.807, 2.05) is 6.07 Å². The fourth-order valence-corrected chi connectivity index (χ4v) is 2.64. The topological polar surface area (TPSA) is 95.3 Å². The number of aromatic nitrogens is 3. The SMILES string of the molecule is COc1ccc(OCCNC(=O)C(C)n2nc(-c3cccnc3)ccc2=O)cc1. The van der Waals surface area contributed by atoms with Gasteiger partial charge in [0, 0.05) is 24.0 Å². The number of hydrogen-bond donors (Lipinski definition) is 1. The van der Waals surface area contributed by atoms with Gasteiger partial charge in [0.15, 0.2) is 0 Å². The van der Waals surface area contributed by atoms with E-state index in [9.17, 15) is 9.59 Å². The number of rotatable bonds is 8. The summed E-state index contributed by atoms with van der Waals surface area (Å²) < 4.78 is 11.8. The van der Waals surface area contributed by atoms with Crippen LogP contribution in [0.4, 0.5) is 0 Å². The highest BCUT2D eigenvalue weighted by molar-refractivity contribution is 5.79. The van der Waals surface area contributed by atoms with Crippen LogP contribution in [-0.4, -0.2) is 40.9 Å². The number of nitrogens with zero attached hydrogens (tertiary/aromatic N) is 3. The molecule has 1 N–H and O–H groups in total. The molecule has 0 spiro atoms. The van der Waals surface area contributed by atoms with Crippen LogP contribution in [0.15, 0.2) is 65.7 Å². The van der Waals surface area contributed by atoms with Crippen LogP contribution in [0.3, 0.4) is 0 Å². The van der Waals surface area contributed by atoms with Gasteiger partial charge in [0.2, 0.25) is 5.91 Å². The Morgan fingerprint density at radius 3 is 2.59 bits per heavy atom. The first-order valence-corrected chi connectivity index (χ1v) is 9.13. The molecular formula is C21H22N4O4. The van der Waals surface area contributed by atoms with Gasteiger partial charge in [-0.2, -0.15) is 5.10 Å². The van der Waals surface area contributed by atoms with Crippen molar-refractivity contribution in [3.63, 3.8) is 0 Å². The third-order valence-electron chi connectivity index (χ3n) is 4.26. The van der Waals surface area contributed by atoms with Crippen LogP contribution in [0.2, 0.25) is 0 Å². The van der Waals surface area contributed by atoms with Gasteiger partial charge in [-0.05, 0) is 49.4 Å². The first-order chi connectivity index (χ1) is 14.1. The van der Waals surface area contributed by atoms with E-state index in [0.717, 1.165) is 11.3 Å². The molecule has 2 aromatic heterocycles. The van der Waals surface area contributed by atoms with Crippen LogP contribution in [0.1, 0.15) is 13.0 Å². The van der Waals surface area contributed by atoms with Crippen molar-refractivity contribution in [3.8, 4) is 22.8 Å². The summed E-state index contributed by atoms with van der Waals surface area (Å²) in [7, 11) is 1.60. The van der Waals surface area contributed by atoms with Gasteiger partial charge in [0.25, 0.3) is 5.56 Å². The summed E-state index contributed by atoms with van der Waals surface area (Å²) in [6.07, 6.45) is 3.31. The number of hydrogen-bond acceptors (Lipinski definition) is 6.